The molecule has 0 saturated carbocycles. The van der Waals surface area contributed by atoms with E-state index < -0.39 is 17.9 Å². The maximum absolute atomic E-state index is 13.4. The first kappa shape index (κ1) is 20.8. The molecule has 0 spiro atoms. The molecule has 1 N–H and O–H groups in total. The molecule has 1 aliphatic rings. The van der Waals surface area contributed by atoms with Gasteiger partial charge in [-0.05, 0) is 48.4 Å². The molecule has 0 saturated heterocycles. The van der Waals surface area contributed by atoms with Gasteiger partial charge >= 0.3 is 0 Å². The second kappa shape index (κ2) is 8.60. The number of nitrogens with one attached hydrogen (secondary N) is 1. The van der Waals surface area contributed by atoms with Gasteiger partial charge in [0.15, 0.2) is 0 Å². The summed E-state index contributed by atoms with van der Waals surface area (Å²) in [5, 5.41) is 3.05. The molecular formula is C24H28N2O3. The number of hydrogen-bond acceptors (Lipinski definition) is 3. The van der Waals surface area contributed by atoms with Crippen molar-refractivity contribution in [3.05, 3.63) is 64.7 Å². The highest BCUT2D eigenvalue weighted by atomic mass is 16.2. The molecule has 1 heterocycles. The van der Waals surface area contributed by atoms with E-state index in [1.54, 1.807) is 24.3 Å². The van der Waals surface area contributed by atoms with Gasteiger partial charge in [-0.3, -0.25) is 19.3 Å². The normalized spacial score (nSPS) is 14.3. The fraction of sp³-hybridized carbons (Fsp3) is 0.375. The minimum Gasteiger partial charge on any atom is -0.324 e. The number of para-hydroxylation sites is 1. The number of fused-ring (bicyclic) bond motifs is 1. The first-order valence-electron chi connectivity index (χ1n) is 10.3. The summed E-state index contributed by atoms with van der Waals surface area (Å²) in [7, 11) is 0. The Balaban J connectivity index is 1.96. The minimum atomic E-state index is -0.850. The van der Waals surface area contributed by atoms with Gasteiger partial charge in [-0.25, -0.2) is 0 Å². The van der Waals surface area contributed by atoms with Crippen LogP contribution in [0.2, 0.25) is 0 Å². The van der Waals surface area contributed by atoms with Crippen LogP contribution in [0.5, 0.6) is 0 Å². The van der Waals surface area contributed by atoms with E-state index >= 15 is 0 Å². The van der Waals surface area contributed by atoms with Crippen LogP contribution in [0.3, 0.4) is 0 Å². The monoisotopic (exact) mass is 392 g/mol. The smallest absolute Gasteiger partial charge is 0.262 e. The van der Waals surface area contributed by atoms with Crippen molar-refractivity contribution in [1.29, 1.82) is 0 Å². The van der Waals surface area contributed by atoms with Crippen molar-refractivity contribution in [3.8, 4) is 0 Å². The Bertz CT molecular complexity index is 892. The predicted octanol–water partition coefficient (Wildman–Crippen LogP) is 4.46. The molecule has 2 aromatic carbocycles. The molecule has 0 radical (unpaired) electrons. The van der Waals surface area contributed by atoms with Crippen LogP contribution in [0.1, 0.15) is 66.0 Å². The number of aryl methyl sites for hydroxylation is 2. The molecule has 1 atom stereocenters. The number of anilines is 1. The molecule has 5 heteroatoms. The Hall–Kier alpha value is -2.95. The standard InChI is InChI=1S/C24H28N2O3/c1-5-16-10-9-11-17(6-2)21(16)25-22(27)20(14-15(3)4)26-23(28)18-12-7-8-13-19(18)24(26)29/h7-13,15,20H,5-6,14H2,1-4H3,(H,25,27)/t20-/m0/s1. The molecule has 0 fully saturated rings. The van der Waals surface area contributed by atoms with Crippen LogP contribution in [0.4, 0.5) is 5.69 Å². The molecule has 3 amide bonds. The van der Waals surface area contributed by atoms with Gasteiger partial charge in [0, 0.05) is 5.69 Å². The average molecular weight is 392 g/mol. The van der Waals surface area contributed by atoms with Crippen molar-refractivity contribution in [1.82, 2.24) is 4.90 Å². The summed E-state index contributed by atoms with van der Waals surface area (Å²) >= 11 is 0. The van der Waals surface area contributed by atoms with Crippen LogP contribution in [-0.4, -0.2) is 28.7 Å². The van der Waals surface area contributed by atoms with Gasteiger partial charge in [-0.2, -0.15) is 0 Å². The van der Waals surface area contributed by atoms with Gasteiger partial charge < -0.3 is 5.32 Å². The topological polar surface area (TPSA) is 66.5 Å². The SMILES string of the molecule is CCc1cccc(CC)c1NC(=O)[C@H](CC(C)C)N1C(=O)c2ccccc2C1=O. The highest BCUT2D eigenvalue weighted by Crippen LogP contribution is 2.29. The minimum absolute atomic E-state index is 0.141. The summed E-state index contributed by atoms with van der Waals surface area (Å²) in [6, 6.07) is 11.9. The van der Waals surface area contributed by atoms with Crippen molar-refractivity contribution in [2.45, 2.75) is 53.0 Å². The molecule has 0 bridgehead atoms. The summed E-state index contributed by atoms with van der Waals surface area (Å²) in [5.74, 6) is -0.970. The van der Waals surface area contributed by atoms with Crippen molar-refractivity contribution in [2.75, 3.05) is 5.32 Å². The van der Waals surface area contributed by atoms with E-state index in [0.29, 0.717) is 17.5 Å². The molecule has 0 unspecified atom stereocenters. The maximum Gasteiger partial charge on any atom is 0.262 e. The molecular weight excluding hydrogens is 364 g/mol. The van der Waals surface area contributed by atoms with Gasteiger partial charge in [0.2, 0.25) is 5.91 Å². The number of carbonyl (C=O) groups is 3. The van der Waals surface area contributed by atoms with Crippen LogP contribution >= 0.6 is 0 Å². The van der Waals surface area contributed by atoms with Crippen LogP contribution in [0.15, 0.2) is 42.5 Å². The summed E-state index contributed by atoms with van der Waals surface area (Å²) in [5.41, 5.74) is 3.61. The Morgan fingerprint density at radius 1 is 0.897 bits per heavy atom. The highest BCUT2D eigenvalue weighted by Gasteiger charge is 2.42. The molecule has 0 aromatic heterocycles. The van der Waals surface area contributed by atoms with E-state index in [2.05, 4.69) is 5.32 Å². The van der Waals surface area contributed by atoms with E-state index in [9.17, 15) is 14.4 Å². The quantitative estimate of drug-likeness (QED) is 0.708. The number of carbonyl (C=O) groups excluding carboxylic acids is 3. The third-order valence-electron chi connectivity index (χ3n) is 5.38. The number of hydrogen-bond donors (Lipinski definition) is 1. The summed E-state index contributed by atoms with van der Waals surface area (Å²) in [6.07, 6.45) is 1.98. The lowest BCUT2D eigenvalue weighted by molar-refractivity contribution is -0.120. The zero-order valence-electron chi connectivity index (χ0n) is 17.5. The first-order chi connectivity index (χ1) is 13.9. The molecule has 29 heavy (non-hydrogen) atoms. The second-order valence-corrected chi connectivity index (χ2v) is 7.82. The van der Waals surface area contributed by atoms with E-state index in [1.807, 2.05) is 45.9 Å². The number of amides is 3. The van der Waals surface area contributed by atoms with E-state index in [-0.39, 0.29) is 11.8 Å². The lowest BCUT2D eigenvalue weighted by Crippen LogP contribution is -2.48. The number of benzene rings is 2. The second-order valence-electron chi connectivity index (χ2n) is 7.82. The number of nitrogens with zero attached hydrogens (tertiary/aromatic N) is 1. The zero-order valence-corrected chi connectivity index (χ0v) is 17.5. The van der Waals surface area contributed by atoms with Crippen molar-refractivity contribution in [3.63, 3.8) is 0 Å². The van der Waals surface area contributed by atoms with Crippen LogP contribution in [0.25, 0.3) is 0 Å². The predicted molar refractivity (Wildman–Crippen MR) is 114 cm³/mol. The molecule has 0 aliphatic carbocycles. The van der Waals surface area contributed by atoms with Gasteiger partial charge in [0.1, 0.15) is 6.04 Å². The Morgan fingerprint density at radius 2 is 1.41 bits per heavy atom. The zero-order chi connectivity index (χ0) is 21.1. The number of imide groups is 1. The van der Waals surface area contributed by atoms with Crippen molar-refractivity contribution in [2.24, 2.45) is 5.92 Å². The summed E-state index contributed by atoms with van der Waals surface area (Å²) in [6.45, 7) is 8.05. The Labute approximate surface area is 172 Å². The first-order valence-corrected chi connectivity index (χ1v) is 10.3. The van der Waals surface area contributed by atoms with E-state index in [0.717, 1.165) is 34.6 Å². The fourth-order valence-corrected chi connectivity index (χ4v) is 3.88. The Kier molecular flexibility index (Phi) is 6.16. The van der Waals surface area contributed by atoms with Crippen LogP contribution in [-0.2, 0) is 17.6 Å². The van der Waals surface area contributed by atoms with E-state index in [1.165, 1.54) is 0 Å². The largest absolute Gasteiger partial charge is 0.324 e. The lowest BCUT2D eigenvalue weighted by atomic mass is 9.99. The summed E-state index contributed by atoms with van der Waals surface area (Å²) < 4.78 is 0. The average Bonchev–Trinajstić information content (AvgIpc) is 2.96. The molecule has 3 rings (SSSR count). The van der Waals surface area contributed by atoms with Crippen LogP contribution < -0.4 is 5.32 Å². The molecule has 1 aliphatic heterocycles. The molecule has 5 nitrogen and oxygen atoms in total. The molecule has 2 aromatic rings. The lowest BCUT2D eigenvalue weighted by Gasteiger charge is -2.27. The number of rotatable bonds is 7. The highest BCUT2D eigenvalue weighted by molar-refractivity contribution is 6.23. The van der Waals surface area contributed by atoms with Crippen molar-refractivity contribution >= 4 is 23.4 Å². The summed E-state index contributed by atoms with van der Waals surface area (Å²) in [4.78, 5) is 40.4. The fourth-order valence-electron chi connectivity index (χ4n) is 3.88. The maximum atomic E-state index is 13.4. The third kappa shape index (κ3) is 3.95. The van der Waals surface area contributed by atoms with Gasteiger partial charge in [0.05, 0.1) is 11.1 Å². The van der Waals surface area contributed by atoms with E-state index in [4.69, 9.17) is 0 Å². The Morgan fingerprint density at radius 3 is 1.86 bits per heavy atom. The van der Waals surface area contributed by atoms with Crippen LogP contribution in [0, 0.1) is 5.92 Å². The van der Waals surface area contributed by atoms with Gasteiger partial charge in [-0.15, -0.1) is 0 Å². The molecule has 152 valence electrons. The van der Waals surface area contributed by atoms with Crippen molar-refractivity contribution < 1.29 is 14.4 Å². The third-order valence-corrected chi connectivity index (χ3v) is 5.38. The van der Waals surface area contributed by atoms with Gasteiger partial charge in [-0.1, -0.05) is 58.0 Å². The van der Waals surface area contributed by atoms with Gasteiger partial charge in [0.25, 0.3) is 11.8 Å².